The molecular weight excluding hydrogens is 791 g/mol. The highest BCUT2D eigenvalue weighted by Crippen LogP contribution is 2.16. The van der Waals surface area contributed by atoms with E-state index in [0.29, 0.717) is 17.4 Å². The second-order valence-corrected chi connectivity index (χ2v) is 18.8. The number of allylic oxidation sites excluding steroid dienone is 6. The van der Waals surface area contributed by atoms with Crippen LogP contribution in [-0.4, -0.2) is 87.4 Å². The predicted octanol–water partition coefficient (Wildman–Crippen LogP) is 14.6. The van der Waals surface area contributed by atoms with Crippen molar-refractivity contribution in [2.75, 3.05) is 47.5 Å². The van der Waals surface area contributed by atoms with Crippen LogP contribution in [0.4, 0.5) is 0 Å². The lowest BCUT2D eigenvalue weighted by atomic mass is 10.0. The minimum absolute atomic E-state index is 0.180. The van der Waals surface area contributed by atoms with E-state index in [1.54, 1.807) is 0 Å². The van der Waals surface area contributed by atoms with Gasteiger partial charge in [0.2, 0.25) is 0 Å². The second-order valence-electron chi connectivity index (χ2n) is 18.8. The van der Waals surface area contributed by atoms with Crippen LogP contribution in [-0.2, 0) is 33.3 Å². The minimum Gasteiger partial charge on any atom is -0.477 e. The number of carbonyl (C=O) groups is 3. The van der Waals surface area contributed by atoms with Crippen LogP contribution in [0, 0.1) is 0 Å². The summed E-state index contributed by atoms with van der Waals surface area (Å²) in [6.45, 7) is 4.78. The lowest BCUT2D eigenvalue weighted by Gasteiger charge is -2.25. The molecule has 0 aromatic rings. The number of unbranched alkanes of at least 4 members (excludes halogenated alkanes) is 27. The molecule has 0 spiro atoms. The topological polar surface area (TPSA) is 108 Å². The third-order valence-corrected chi connectivity index (χ3v) is 11.4. The molecule has 0 aliphatic rings. The van der Waals surface area contributed by atoms with E-state index in [1.165, 1.54) is 141 Å². The van der Waals surface area contributed by atoms with Gasteiger partial charge < -0.3 is 28.5 Å². The maximum Gasteiger partial charge on any atom is 0.361 e. The Morgan fingerprint density at radius 3 is 1.27 bits per heavy atom. The Kier molecular flexibility index (Phi) is 44.2. The average Bonchev–Trinajstić information content (AvgIpc) is 3.24. The molecule has 0 bridgehead atoms. The Balaban J connectivity index is 3.91. The van der Waals surface area contributed by atoms with Gasteiger partial charge in [-0.05, 0) is 51.4 Å². The number of carbonyl (C=O) groups excluding carboxylic acids is 2. The van der Waals surface area contributed by atoms with Gasteiger partial charge >= 0.3 is 17.9 Å². The minimum atomic E-state index is -1.50. The van der Waals surface area contributed by atoms with E-state index in [4.69, 9.17) is 18.9 Å². The summed E-state index contributed by atoms with van der Waals surface area (Å²) < 4.78 is 22.6. The number of hydrogen-bond acceptors (Lipinski definition) is 7. The van der Waals surface area contributed by atoms with Crippen LogP contribution < -0.4 is 0 Å². The van der Waals surface area contributed by atoms with Crippen LogP contribution in [0.25, 0.3) is 0 Å². The van der Waals surface area contributed by atoms with Crippen molar-refractivity contribution in [3.05, 3.63) is 36.5 Å². The molecule has 0 aromatic carbocycles. The molecule has 0 aromatic heterocycles. The number of likely N-dealkylation sites (N-methyl/N-ethyl adjacent to an activating group) is 1. The summed E-state index contributed by atoms with van der Waals surface area (Å²) >= 11 is 0. The van der Waals surface area contributed by atoms with Crippen LogP contribution in [0.2, 0.25) is 0 Å². The highest BCUT2D eigenvalue weighted by Gasteiger charge is 2.25. The summed E-state index contributed by atoms with van der Waals surface area (Å²) in [7, 11) is 5.95. The monoisotopic (exact) mass is 891 g/mol. The molecule has 368 valence electrons. The molecule has 9 nitrogen and oxygen atoms in total. The molecule has 0 amide bonds. The lowest BCUT2D eigenvalue weighted by Crippen LogP contribution is -2.40. The molecule has 0 saturated carbocycles. The van der Waals surface area contributed by atoms with Gasteiger partial charge in [0.25, 0.3) is 6.29 Å². The molecular formula is C54H100NO8+. The number of nitrogens with zero attached hydrogens (tertiary/aromatic N) is 1. The molecule has 0 heterocycles. The standard InChI is InChI=1S/C54H99NO8/c1-6-8-10-12-13-14-15-16-17-18-19-20-21-22-23-24-25-26-27-28-29-30-31-32-33-34-35-36-37-38-39-41-43-45-52(57)63-50(48-61-51(56)44-42-40-11-9-7-2)49-62-54(53(58)59)60-47-46-55(3,4)5/h15-16,18-19,21-22,50,54H,6-14,17,20,23-49H2,1-5H3/p+1/b16-15-,19-18-,22-21-. The van der Waals surface area contributed by atoms with Gasteiger partial charge in [-0.15, -0.1) is 0 Å². The Morgan fingerprint density at radius 2 is 0.857 bits per heavy atom. The largest absolute Gasteiger partial charge is 0.477 e. The first-order valence-corrected chi connectivity index (χ1v) is 26.2. The van der Waals surface area contributed by atoms with Crippen LogP contribution in [0.15, 0.2) is 36.5 Å². The van der Waals surface area contributed by atoms with Crippen LogP contribution in [0.5, 0.6) is 0 Å². The molecule has 0 aliphatic carbocycles. The fourth-order valence-electron chi connectivity index (χ4n) is 7.31. The quantitative estimate of drug-likeness (QED) is 0.0212. The molecule has 2 unspecified atom stereocenters. The third kappa shape index (κ3) is 47.3. The average molecular weight is 891 g/mol. The van der Waals surface area contributed by atoms with Gasteiger partial charge in [0, 0.05) is 12.8 Å². The van der Waals surface area contributed by atoms with Gasteiger partial charge in [-0.25, -0.2) is 4.79 Å². The molecule has 0 fully saturated rings. The smallest absolute Gasteiger partial charge is 0.361 e. The molecule has 1 N–H and O–H groups in total. The van der Waals surface area contributed by atoms with E-state index in [0.717, 1.165) is 64.2 Å². The first-order chi connectivity index (χ1) is 30.6. The number of rotatable bonds is 48. The Morgan fingerprint density at radius 1 is 0.476 bits per heavy atom. The van der Waals surface area contributed by atoms with Crippen molar-refractivity contribution in [3.8, 4) is 0 Å². The van der Waals surface area contributed by atoms with E-state index < -0.39 is 24.3 Å². The van der Waals surface area contributed by atoms with Crippen LogP contribution >= 0.6 is 0 Å². The van der Waals surface area contributed by atoms with Gasteiger partial charge in [-0.3, -0.25) is 9.59 Å². The van der Waals surface area contributed by atoms with Crippen molar-refractivity contribution in [2.24, 2.45) is 0 Å². The molecule has 0 aliphatic heterocycles. The van der Waals surface area contributed by atoms with Gasteiger partial charge in [0.1, 0.15) is 13.2 Å². The van der Waals surface area contributed by atoms with Gasteiger partial charge in [0.15, 0.2) is 6.10 Å². The van der Waals surface area contributed by atoms with Crippen molar-refractivity contribution >= 4 is 17.9 Å². The third-order valence-electron chi connectivity index (χ3n) is 11.4. The van der Waals surface area contributed by atoms with Crippen molar-refractivity contribution in [2.45, 2.75) is 245 Å². The Hall–Kier alpha value is -2.49. The van der Waals surface area contributed by atoms with Crippen molar-refractivity contribution in [3.63, 3.8) is 0 Å². The van der Waals surface area contributed by atoms with Gasteiger partial charge in [-0.1, -0.05) is 204 Å². The van der Waals surface area contributed by atoms with E-state index >= 15 is 0 Å². The number of esters is 2. The predicted molar refractivity (Wildman–Crippen MR) is 263 cm³/mol. The number of carboxylic acid groups (broad SMARTS) is 1. The zero-order valence-electron chi connectivity index (χ0n) is 41.7. The number of ether oxygens (including phenoxy) is 4. The zero-order valence-corrected chi connectivity index (χ0v) is 41.7. The molecule has 9 heteroatoms. The number of quaternary nitrogens is 1. The van der Waals surface area contributed by atoms with E-state index in [1.807, 2.05) is 21.1 Å². The van der Waals surface area contributed by atoms with Crippen molar-refractivity contribution < 1.29 is 42.9 Å². The SMILES string of the molecule is CCCCCCC/C=C\C/C=C\C/C=C\CCCCCCCCCCCCCCCCCCCCC(=O)OC(COC(=O)CCCCCCC)COC(OCC[N+](C)(C)C)C(=O)O. The fraction of sp³-hybridized carbons (Fsp3) is 0.833. The maximum atomic E-state index is 12.7. The normalized spacial score (nSPS) is 13.1. The summed E-state index contributed by atoms with van der Waals surface area (Å²) in [5.74, 6) is -2.01. The van der Waals surface area contributed by atoms with Gasteiger partial charge in [0.05, 0.1) is 34.4 Å². The number of carboxylic acids is 1. The molecule has 63 heavy (non-hydrogen) atoms. The molecule has 2 atom stereocenters. The van der Waals surface area contributed by atoms with Crippen molar-refractivity contribution in [1.29, 1.82) is 0 Å². The van der Waals surface area contributed by atoms with E-state index in [9.17, 15) is 19.5 Å². The van der Waals surface area contributed by atoms with Crippen molar-refractivity contribution in [1.82, 2.24) is 0 Å². The molecule has 0 rings (SSSR count). The lowest BCUT2D eigenvalue weighted by molar-refractivity contribution is -0.870. The summed E-state index contributed by atoms with van der Waals surface area (Å²) in [6, 6.07) is 0. The van der Waals surface area contributed by atoms with Crippen LogP contribution in [0.1, 0.15) is 232 Å². The van der Waals surface area contributed by atoms with Crippen LogP contribution in [0.3, 0.4) is 0 Å². The van der Waals surface area contributed by atoms with E-state index in [-0.39, 0.29) is 32.2 Å². The summed E-state index contributed by atoms with van der Waals surface area (Å²) in [6.07, 6.45) is 51.4. The summed E-state index contributed by atoms with van der Waals surface area (Å²) in [5, 5.41) is 9.60. The summed E-state index contributed by atoms with van der Waals surface area (Å²) in [5.41, 5.74) is 0. The molecule has 0 radical (unpaired) electrons. The van der Waals surface area contributed by atoms with Gasteiger partial charge in [-0.2, -0.15) is 0 Å². The summed E-state index contributed by atoms with van der Waals surface area (Å²) in [4.78, 5) is 36.8. The first kappa shape index (κ1) is 60.5. The first-order valence-electron chi connectivity index (χ1n) is 26.2. The highest BCUT2D eigenvalue weighted by atomic mass is 16.7. The van der Waals surface area contributed by atoms with E-state index in [2.05, 4.69) is 50.3 Å². The maximum absolute atomic E-state index is 12.7. The number of hydrogen-bond donors (Lipinski definition) is 1. The Bertz CT molecular complexity index is 1130. The highest BCUT2D eigenvalue weighted by molar-refractivity contribution is 5.71. The number of aliphatic carboxylic acids is 1. The Labute approximate surface area is 388 Å². The molecule has 0 saturated heterocycles. The second kappa shape index (κ2) is 46.1. The zero-order chi connectivity index (χ0) is 46.3. The fourth-order valence-corrected chi connectivity index (χ4v) is 7.31.